The van der Waals surface area contributed by atoms with Gasteiger partial charge in [0.2, 0.25) is 0 Å². The number of carboxylic acid groups (broad SMARTS) is 1. The van der Waals surface area contributed by atoms with Crippen LogP contribution in [0.15, 0.2) is 0 Å². The summed E-state index contributed by atoms with van der Waals surface area (Å²) in [7, 11) is 0. The van der Waals surface area contributed by atoms with Gasteiger partial charge in [0.05, 0.1) is 17.6 Å². The Morgan fingerprint density at radius 3 is 2.62 bits per heavy atom. The number of hydrogen-bond donors (Lipinski definition) is 3. The van der Waals surface area contributed by atoms with Crippen LogP contribution in [0.4, 0.5) is 0 Å². The molecule has 16 heavy (non-hydrogen) atoms. The topological polar surface area (TPSA) is 77.8 Å². The molecule has 0 radical (unpaired) electrons. The van der Waals surface area contributed by atoms with Gasteiger partial charge in [-0.25, -0.2) is 0 Å². The van der Waals surface area contributed by atoms with Gasteiger partial charge in [-0.3, -0.25) is 4.79 Å². The van der Waals surface area contributed by atoms with Gasteiger partial charge >= 0.3 is 5.97 Å². The lowest BCUT2D eigenvalue weighted by Gasteiger charge is -2.55. The molecule has 0 saturated heterocycles. The summed E-state index contributed by atoms with van der Waals surface area (Å²) < 4.78 is 0. The maximum absolute atomic E-state index is 11.0. The standard InChI is InChI=1S/C12H20O4/c1-11-5-2-3-9(13)12(11,16)7-8(4-6-11)10(14)15/h8-9,13,16H,2-7H2,1H3,(H,14,15)/t8-,9+,11-,12-/m0/s1. The third-order valence-electron chi connectivity index (χ3n) is 4.75. The zero-order valence-corrected chi connectivity index (χ0v) is 9.65. The lowest BCUT2D eigenvalue weighted by Crippen LogP contribution is -2.61. The van der Waals surface area contributed by atoms with Gasteiger partial charge in [-0.05, 0) is 37.5 Å². The van der Waals surface area contributed by atoms with E-state index >= 15 is 0 Å². The number of hydrogen-bond acceptors (Lipinski definition) is 3. The second-order valence-electron chi connectivity index (χ2n) is 5.67. The van der Waals surface area contributed by atoms with E-state index in [0.29, 0.717) is 19.3 Å². The first-order valence-corrected chi connectivity index (χ1v) is 6.02. The monoisotopic (exact) mass is 228 g/mol. The molecule has 2 fully saturated rings. The van der Waals surface area contributed by atoms with E-state index in [4.69, 9.17) is 5.11 Å². The Kier molecular flexibility index (Phi) is 2.75. The minimum Gasteiger partial charge on any atom is -0.481 e. The van der Waals surface area contributed by atoms with Crippen LogP contribution in [0.25, 0.3) is 0 Å². The molecule has 0 aliphatic heterocycles. The van der Waals surface area contributed by atoms with Gasteiger partial charge in [-0.1, -0.05) is 13.3 Å². The summed E-state index contributed by atoms with van der Waals surface area (Å²) in [6.45, 7) is 1.98. The van der Waals surface area contributed by atoms with Crippen LogP contribution in [0.3, 0.4) is 0 Å². The number of aliphatic hydroxyl groups excluding tert-OH is 1. The van der Waals surface area contributed by atoms with Crippen LogP contribution in [0.2, 0.25) is 0 Å². The largest absolute Gasteiger partial charge is 0.481 e. The fourth-order valence-electron chi connectivity index (χ4n) is 3.45. The quantitative estimate of drug-likeness (QED) is 0.629. The average molecular weight is 228 g/mol. The minimum atomic E-state index is -1.20. The van der Waals surface area contributed by atoms with E-state index in [2.05, 4.69) is 0 Å². The van der Waals surface area contributed by atoms with Crippen molar-refractivity contribution in [2.75, 3.05) is 0 Å². The molecule has 0 bridgehead atoms. The molecular weight excluding hydrogens is 208 g/mol. The van der Waals surface area contributed by atoms with E-state index in [1.807, 2.05) is 6.92 Å². The van der Waals surface area contributed by atoms with Crippen LogP contribution < -0.4 is 0 Å². The fourth-order valence-corrected chi connectivity index (χ4v) is 3.45. The van der Waals surface area contributed by atoms with E-state index < -0.39 is 23.6 Å². The van der Waals surface area contributed by atoms with E-state index in [9.17, 15) is 15.0 Å². The molecule has 0 aromatic rings. The Labute approximate surface area is 95.3 Å². The summed E-state index contributed by atoms with van der Waals surface area (Å²) in [5.41, 5.74) is -1.51. The van der Waals surface area contributed by atoms with Crippen molar-refractivity contribution in [2.24, 2.45) is 11.3 Å². The highest BCUT2D eigenvalue weighted by molar-refractivity contribution is 5.70. The molecule has 0 spiro atoms. The number of fused-ring (bicyclic) bond motifs is 1. The second-order valence-corrected chi connectivity index (χ2v) is 5.67. The number of carbonyl (C=O) groups is 1. The molecule has 0 aromatic heterocycles. The van der Waals surface area contributed by atoms with Crippen molar-refractivity contribution < 1.29 is 20.1 Å². The van der Waals surface area contributed by atoms with Crippen LogP contribution in [-0.4, -0.2) is 33.0 Å². The van der Waals surface area contributed by atoms with E-state index in [-0.39, 0.29) is 11.8 Å². The summed E-state index contributed by atoms with van der Waals surface area (Å²) >= 11 is 0. The summed E-state index contributed by atoms with van der Waals surface area (Å²) in [5.74, 6) is -1.36. The summed E-state index contributed by atoms with van der Waals surface area (Å²) in [6, 6.07) is 0. The van der Waals surface area contributed by atoms with Crippen LogP contribution >= 0.6 is 0 Å². The van der Waals surface area contributed by atoms with Crippen molar-refractivity contribution in [3.8, 4) is 0 Å². The Balaban J connectivity index is 2.26. The predicted octanol–water partition coefficient (Wildman–Crippen LogP) is 1.15. The maximum atomic E-state index is 11.0. The zero-order chi connectivity index (χ0) is 12.0. The van der Waals surface area contributed by atoms with Crippen LogP contribution in [-0.2, 0) is 4.79 Å². The molecule has 4 atom stereocenters. The summed E-state index contributed by atoms with van der Waals surface area (Å²) in [5, 5.41) is 29.6. The molecule has 92 valence electrons. The van der Waals surface area contributed by atoms with Crippen molar-refractivity contribution in [1.82, 2.24) is 0 Å². The molecule has 0 aromatic carbocycles. The predicted molar refractivity (Wildman–Crippen MR) is 57.9 cm³/mol. The SMILES string of the molecule is C[C@@]12CCC[C@@H](O)[C@@]1(O)C[C@@H](C(=O)O)CC2. The first kappa shape index (κ1) is 11.9. The van der Waals surface area contributed by atoms with Crippen LogP contribution in [0, 0.1) is 11.3 Å². The molecular formula is C12H20O4. The smallest absolute Gasteiger partial charge is 0.306 e. The average Bonchev–Trinajstić information content (AvgIpc) is 2.20. The van der Waals surface area contributed by atoms with Crippen LogP contribution in [0.5, 0.6) is 0 Å². The highest BCUT2D eigenvalue weighted by atomic mass is 16.4. The van der Waals surface area contributed by atoms with Gasteiger partial charge in [0.25, 0.3) is 0 Å². The molecule has 2 aliphatic carbocycles. The number of rotatable bonds is 1. The van der Waals surface area contributed by atoms with Gasteiger partial charge in [-0.15, -0.1) is 0 Å². The third kappa shape index (κ3) is 1.55. The number of aliphatic carboxylic acids is 1. The molecule has 3 N–H and O–H groups in total. The van der Waals surface area contributed by atoms with Crippen molar-refractivity contribution >= 4 is 5.97 Å². The van der Waals surface area contributed by atoms with Crippen LogP contribution in [0.1, 0.15) is 45.4 Å². The maximum Gasteiger partial charge on any atom is 0.306 e. The Bertz CT molecular complexity index is 303. The summed E-state index contributed by atoms with van der Waals surface area (Å²) in [4.78, 5) is 11.0. The zero-order valence-electron chi connectivity index (χ0n) is 9.65. The van der Waals surface area contributed by atoms with Gasteiger partial charge in [0.15, 0.2) is 0 Å². The molecule has 0 heterocycles. The first-order chi connectivity index (χ1) is 7.39. The molecule has 2 saturated carbocycles. The number of carboxylic acids is 1. The molecule has 0 amide bonds. The van der Waals surface area contributed by atoms with Gasteiger partial charge < -0.3 is 15.3 Å². The molecule has 0 unspecified atom stereocenters. The van der Waals surface area contributed by atoms with Gasteiger partial charge in [0.1, 0.15) is 0 Å². The van der Waals surface area contributed by atoms with Crippen molar-refractivity contribution in [3.63, 3.8) is 0 Å². The van der Waals surface area contributed by atoms with E-state index in [0.717, 1.165) is 12.8 Å². The van der Waals surface area contributed by atoms with E-state index in [1.165, 1.54) is 0 Å². The van der Waals surface area contributed by atoms with Gasteiger partial charge in [-0.2, -0.15) is 0 Å². The first-order valence-electron chi connectivity index (χ1n) is 6.02. The van der Waals surface area contributed by atoms with Crippen molar-refractivity contribution in [3.05, 3.63) is 0 Å². The lowest BCUT2D eigenvalue weighted by molar-refractivity contribution is -0.209. The Hall–Kier alpha value is -0.610. The minimum absolute atomic E-state index is 0.194. The Morgan fingerprint density at radius 2 is 2.00 bits per heavy atom. The van der Waals surface area contributed by atoms with Crippen molar-refractivity contribution in [2.45, 2.75) is 57.2 Å². The molecule has 2 aliphatic rings. The second kappa shape index (κ2) is 3.70. The molecule has 4 nitrogen and oxygen atoms in total. The normalized spacial score (nSPS) is 48.4. The molecule has 4 heteroatoms. The fraction of sp³-hybridized carbons (Fsp3) is 0.917. The van der Waals surface area contributed by atoms with Crippen molar-refractivity contribution in [1.29, 1.82) is 0 Å². The van der Waals surface area contributed by atoms with E-state index in [1.54, 1.807) is 0 Å². The summed E-state index contributed by atoms with van der Waals surface area (Å²) in [6.07, 6.45) is 3.11. The highest BCUT2D eigenvalue weighted by Gasteiger charge is 2.57. The Morgan fingerprint density at radius 1 is 1.31 bits per heavy atom. The van der Waals surface area contributed by atoms with Gasteiger partial charge in [0, 0.05) is 0 Å². The highest BCUT2D eigenvalue weighted by Crippen LogP contribution is 2.54. The number of aliphatic hydroxyl groups is 2. The molecule has 2 rings (SSSR count). The third-order valence-corrected chi connectivity index (χ3v) is 4.75. The lowest BCUT2D eigenvalue weighted by atomic mass is 9.54.